The summed E-state index contributed by atoms with van der Waals surface area (Å²) in [6, 6.07) is 64.7. The second-order valence-corrected chi connectivity index (χ2v) is 14.3. The van der Waals surface area contributed by atoms with E-state index >= 15 is 0 Å². The first-order valence-electron chi connectivity index (χ1n) is 18.2. The monoisotopic (exact) mass is 721 g/mol. The van der Waals surface area contributed by atoms with Crippen LogP contribution in [0.4, 0.5) is 0 Å². The van der Waals surface area contributed by atoms with Crippen molar-refractivity contribution in [3.8, 4) is 79.1 Å². The minimum Gasteiger partial charge on any atom is -0.226 e. The van der Waals surface area contributed by atoms with E-state index in [1.807, 2.05) is 78.9 Å². The summed E-state index contributed by atoms with van der Waals surface area (Å²) in [7, 11) is 0. The molecule has 0 amide bonds. The number of rotatable bonds is 7. The molecule has 0 spiro atoms. The minimum atomic E-state index is 0.635. The van der Waals surface area contributed by atoms with Crippen LogP contribution < -0.4 is 0 Å². The fourth-order valence-corrected chi connectivity index (χ4v) is 8.19. The van der Waals surface area contributed by atoms with Crippen LogP contribution in [0.3, 0.4) is 0 Å². The maximum atomic E-state index is 5.17. The van der Waals surface area contributed by atoms with Crippen LogP contribution in [0.5, 0.6) is 0 Å². The molecule has 0 aliphatic carbocycles. The van der Waals surface area contributed by atoms with Gasteiger partial charge in [0.15, 0.2) is 23.3 Å². The fraction of sp³-hybridized carbons (Fsp3) is 0. The van der Waals surface area contributed by atoms with Gasteiger partial charge in [0.2, 0.25) is 0 Å². The summed E-state index contributed by atoms with van der Waals surface area (Å²) in [6.45, 7) is 0. The van der Waals surface area contributed by atoms with Gasteiger partial charge in [0, 0.05) is 37.9 Å². The third-order valence-electron chi connectivity index (χ3n) is 9.80. The lowest BCUT2D eigenvalue weighted by Gasteiger charge is -2.12. The van der Waals surface area contributed by atoms with Crippen molar-refractivity contribution in [2.24, 2.45) is 0 Å². The van der Waals surface area contributed by atoms with E-state index in [9.17, 15) is 0 Å². The smallest absolute Gasteiger partial charge is 0.164 e. The molecule has 3 heterocycles. The summed E-state index contributed by atoms with van der Waals surface area (Å²) in [5.41, 5.74) is 11.4. The number of aromatic nitrogens is 5. The molecular weight excluding hydrogens is 691 g/mol. The van der Waals surface area contributed by atoms with Crippen LogP contribution in [0.15, 0.2) is 188 Å². The topological polar surface area (TPSA) is 64.5 Å². The predicted molar refractivity (Wildman–Crippen MR) is 226 cm³/mol. The van der Waals surface area contributed by atoms with E-state index in [2.05, 4.69) is 109 Å². The Morgan fingerprint density at radius 3 is 1.18 bits per heavy atom. The number of fused-ring (bicyclic) bond motifs is 3. The first-order chi connectivity index (χ1) is 27.2. The molecule has 0 atom stereocenters. The number of hydrogen-bond acceptors (Lipinski definition) is 6. The van der Waals surface area contributed by atoms with Gasteiger partial charge in [0.1, 0.15) is 0 Å². The van der Waals surface area contributed by atoms with Crippen LogP contribution in [0.25, 0.3) is 99.4 Å². The molecule has 10 aromatic rings. The van der Waals surface area contributed by atoms with E-state index in [1.165, 1.54) is 4.70 Å². The molecule has 0 saturated heterocycles. The Morgan fingerprint density at radius 2 is 0.673 bits per heavy atom. The molecule has 258 valence electrons. The van der Waals surface area contributed by atoms with Crippen molar-refractivity contribution >= 4 is 31.6 Å². The van der Waals surface area contributed by atoms with E-state index < -0.39 is 0 Å². The van der Waals surface area contributed by atoms with Crippen molar-refractivity contribution in [3.05, 3.63) is 188 Å². The molecule has 10 rings (SSSR count). The van der Waals surface area contributed by atoms with Gasteiger partial charge in [-0.25, -0.2) is 24.9 Å². The second kappa shape index (κ2) is 14.0. The summed E-state index contributed by atoms with van der Waals surface area (Å²) in [5.74, 6) is 2.66. The van der Waals surface area contributed by atoms with Gasteiger partial charge in [0.25, 0.3) is 0 Å². The SMILES string of the molecule is c1ccc(-c2nc(-c3ccccc3)nc(-c3ccc(-c4ccccc4-c4ccc(-c5nc(-c6ccccc6)nc6c5sc5ccccc56)cc4)cc3)n2)cc1. The van der Waals surface area contributed by atoms with Gasteiger partial charge >= 0.3 is 0 Å². The third kappa shape index (κ3) is 6.24. The lowest BCUT2D eigenvalue weighted by Crippen LogP contribution is -2.00. The van der Waals surface area contributed by atoms with Crippen molar-refractivity contribution < 1.29 is 0 Å². The van der Waals surface area contributed by atoms with Crippen molar-refractivity contribution in [2.45, 2.75) is 0 Å². The zero-order valence-electron chi connectivity index (χ0n) is 29.5. The van der Waals surface area contributed by atoms with E-state index in [0.717, 1.165) is 77.2 Å². The van der Waals surface area contributed by atoms with Gasteiger partial charge in [-0.2, -0.15) is 0 Å². The Bertz CT molecular complexity index is 2890. The average Bonchev–Trinajstić information content (AvgIpc) is 3.66. The van der Waals surface area contributed by atoms with E-state index in [0.29, 0.717) is 17.5 Å². The van der Waals surface area contributed by atoms with Gasteiger partial charge in [-0.3, -0.25) is 0 Å². The molecule has 0 saturated carbocycles. The summed E-state index contributed by atoms with van der Waals surface area (Å²) in [6.07, 6.45) is 0. The molecule has 0 aliphatic heterocycles. The van der Waals surface area contributed by atoms with Crippen molar-refractivity contribution in [2.75, 3.05) is 0 Å². The van der Waals surface area contributed by atoms with Gasteiger partial charge in [-0.1, -0.05) is 182 Å². The Morgan fingerprint density at radius 1 is 0.291 bits per heavy atom. The van der Waals surface area contributed by atoms with Crippen LogP contribution in [-0.2, 0) is 0 Å². The lowest BCUT2D eigenvalue weighted by molar-refractivity contribution is 1.07. The maximum Gasteiger partial charge on any atom is 0.164 e. The maximum absolute atomic E-state index is 5.17. The molecule has 0 N–H and O–H groups in total. The molecule has 6 heteroatoms. The van der Waals surface area contributed by atoms with Crippen LogP contribution >= 0.6 is 11.3 Å². The van der Waals surface area contributed by atoms with Crippen LogP contribution in [0.1, 0.15) is 0 Å². The van der Waals surface area contributed by atoms with E-state index in [4.69, 9.17) is 24.9 Å². The van der Waals surface area contributed by atoms with Gasteiger partial charge < -0.3 is 0 Å². The summed E-state index contributed by atoms with van der Waals surface area (Å²) in [4.78, 5) is 24.9. The predicted octanol–water partition coefficient (Wildman–Crippen LogP) is 12.7. The molecule has 7 aromatic carbocycles. The van der Waals surface area contributed by atoms with Crippen molar-refractivity contribution in [1.82, 2.24) is 24.9 Å². The molecular formula is C49H31N5S. The molecule has 5 nitrogen and oxygen atoms in total. The highest BCUT2D eigenvalue weighted by molar-refractivity contribution is 7.26. The zero-order valence-corrected chi connectivity index (χ0v) is 30.4. The molecule has 3 aromatic heterocycles. The van der Waals surface area contributed by atoms with Crippen molar-refractivity contribution in [1.29, 1.82) is 0 Å². The molecule has 0 radical (unpaired) electrons. The van der Waals surface area contributed by atoms with Crippen LogP contribution in [0.2, 0.25) is 0 Å². The van der Waals surface area contributed by atoms with Gasteiger partial charge in [-0.05, 0) is 28.3 Å². The lowest BCUT2D eigenvalue weighted by atomic mass is 9.93. The standard InChI is InChI=1S/C49H31N5S/c1-4-14-35(15-5-1)46-50-43(45-44(51-46)41-22-12-13-23-42(41)55-45)34-28-24-32(25-29-34)39-20-10-11-21-40(39)33-26-30-38(31-27-33)49-53-47(36-16-6-2-7-17-36)52-48(54-49)37-18-8-3-9-19-37/h1-31H. The van der Waals surface area contributed by atoms with Gasteiger partial charge in [-0.15, -0.1) is 11.3 Å². The van der Waals surface area contributed by atoms with Crippen molar-refractivity contribution in [3.63, 3.8) is 0 Å². The average molecular weight is 722 g/mol. The summed E-state index contributed by atoms with van der Waals surface area (Å²) >= 11 is 1.75. The largest absolute Gasteiger partial charge is 0.226 e. The number of benzene rings is 7. The second-order valence-electron chi connectivity index (χ2n) is 13.3. The minimum absolute atomic E-state index is 0.635. The highest BCUT2D eigenvalue weighted by Crippen LogP contribution is 2.40. The summed E-state index contributed by atoms with van der Waals surface area (Å²) < 4.78 is 2.30. The number of nitrogens with zero attached hydrogens (tertiary/aromatic N) is 5. The molecule has 0 aliphatic rings. The molecule has 0 fully saturated rings. The zero-order chi connectivity index (χ0) is 36.6. The quantitative estimate of drug-likeness (QED) is 0.164. The van der Waals surface area contributed by atoms with E-state index in [-0.39, 0.29) is 0 Å². The number of thiophene rings is 1. The van der Waals surface area contributed by atoms with Gasteiger partial charge in [0.05, 0.1) is 15.9 Å². The first-order valence-corrected chi connectivity index (χ1v) is 19.0. The Balaban J connectivity index is 1.01. The Labute approximate surface area is 322 Å². The normalized spacial score (nSPS) is 11.3. The highest BCUT2D eigenvalue weighted by Gasteiger charge is 2.18. The van der Waals surface area contributed by atoms with Crippen LogP contribution in [0, 0.1) is 0 Å². The highest BCUT2D eigenvalue weighted by atomic mass is 32.1. The molecule has 0 bridgehead atoms. The molecule has 55 heavy (non-hydrogen) atoms. The Hall–Kier alpha value is -7.15. The van der Waals surface area contributed by atoms with Crippen LogP contribution in [-0.4, -0.2) is 24.9 Å². The van der Waals surface area contributed by atoms with E-state index in [1.54, 1.807) is 11.3 Å². The third-order valence-corrected chi connectivity index (χ3v) is 11.0. The summed E-state index contributed by atoms with van der Waals surface area (Å²) in [5, 5.41) is 1.16. The Kier molecular flexibility index (Phi) is 8.28. The fourth-order valence-electron chi connectivity index (χ4n) is 7.03. The number of hydrogen-bond donors (Lipinski definition) is 0. The molecule has 0 unspecified atom stereocenters. The first kappa shape index (κ1) is 32.5.